The Morgan fingerprint density at radius 1 is 1.19 bits per heavy atom. The molecule has 0 bridgehead atoms. The molecule has 2 aromatic carbocycles. The van der Waals surface area contributed by atoms with Crippen molar-refractivity contribution in [3.63, 3.8) is 0 Å². The highest BCUT2D eigenvalue weighted by Gasteiger charge is 2.34. The number of furan rings is 1. The number of benzene rings is 2. The van der Waals surface area contributed by atoms with Crippen LogP contribution in [0.2, 0.25) is 5.02 Å². The lowest BCUT2D eigenvalue weighted by atomic mass is 10.2. The van der Waals surface area contributed by atoms with Gasteiger partial charge < -0.3 is 19.2 Å². The summed E-state index contributed by atoms with van der Waals surface area (Å²) in [6.45, 7) is 2.44. The van der Waals surface area contributed by atoms with Crippen LogP contribution in [0.25, 0.3) is 6.08 Å². The maximum absolute atomic E-state index is 13.2. The summed E-state index contributed by atoms with van der Waals surface area (Å²) >= 11 is 11.1. The van der Waals surface area contributed by atoms with E-state index in [9.17, 15) is 9.18 Å². The average molecular weight is 473 g/mol. The number of carbonyl (C=O) groups is 1. The van der Waals surface area contributed by atoms with Gasteiger partial charge in [-0.3, -0.25) is 4.79 Å². The zero-order valence-electron chi connectivity index (χ0n) is 16.9. The van der Waals surface area contributed by atoms with Gasteiger partial charge in [-0.05, 0) is 55.5 Å². The Balaban J connectivity index is 1.48. The average Bonchev–Trinajstić information content (AvgIpc) is 3.33. The number of hydrogen-bond donors (Lipinski definition) is 1. The van der Waals surface area contributed by atoms with E-state index in [0.717, 1.165) is 0 Å². The second-order valence-electron chi connectivity index (χ2n) is 6.70. The van der Waals surface area contributed by atoms with Gasteiger partial charge in [-0.2, -0.15) is 0 Å². The van der Waals surface area contributed by atoms with Gasteiger partial charge in [0.1, 0.15) is 41.1 Å². The molecule has 1 fully saturated rings. The number of rotatable bonds is 7. The number of nitrogens with one attached hydrogen (secondary N) is 1. The van der Waals surface area contributed by atoms with Gasteiger partial charge in [-0.1, -0.05) is 23.7 Å². The number of amides is 1. The van der Waals surface area contributed by atoms with E-state index >= 15 is 0 Å². The number of nitrogens with zero attached hydrogens (tertiary/aromatic N) is 1. The Morgan fingerprint density at radius 3 is 2.78 bits per heavy atom. The highest BCUT2D eigenvalue weighted by Crippen LogP contribution is 2.32. The predicted molar refractivity (Wildman–Crippen MR) is 123 cm³/mol. The molecular weight excluding hydrogens is 455 g/mol. The molecule has 3 aromatic rings. The van der Waals surface area contributed by atoms with Gasteiger partial charge in [0.25, 0.3) is 5.91 Å². The number of para-hydroxylation sites is 2. The van der Waals surface area contributed by atoms with Gasteiger partial charge in [-0.15, -0.1) is 0 Å². The molecule has 4 rings (SSSR count). The van der Waals surface area contributed by atoms with Crippen LogP contribution in [0.5, 0.6) is 11.5 Å². The van der Waals surface area contributed by atoms with Crippen molar-refractivity contribution in [2.24, 2.45) is 0 Å². The second-order valence-corrected chi connectivity index (χ2v) is 7.49. The summed E-state index contributed by atoms with van der Waals surface area (Å²) in [5, 5.41) is 3.14. The molecule has 0 radical (unpaired) electrons. The summed E-state index contributed by atoms with van der Waals surface area (Å²) in [5.41, 5.74) is 0.833. The first-order valence-corrected chi connectivity index (χ1v) is 10.5. The fraction of sp³-hybridized carbons (Fsp3) is 0.130. The number of thiocarbonyl (C=S) groups is 1. The Bertz CT molecular complexity index is 1210. The molecule has 0 aliphatic carbocycles. The molecule has 32 heavy (non-hydrogen) atoms. The summed E-state index contributed by atoms with van der Waals surface area (Å²) in [4.78, 5) is 14.4. The van der Waals surface area contributed by atoms with E-state index in [1.807, 2.05) is 19.1 Å². The normalized spacial score (nSPS) is 14.7. The lowest BCUT2D eigenvalue weighted by molar-refractivity contribution is -0.113. The number of anilines is 1. The van der Waals surface area contributed by atoms with Crippen molar-refractivity contribution in [1.29, 1.82) is 0 Å². The van der Waals surface area contributed by atoms with Gasteiger partial charge in [0.2, 0.25) is 0 Å². The molecule has 1 N–H and O–H groups in total. The number of carbonyl (C=O) groups excluding carboxylic acids is 1. The highest BCUT2D eigenvalue weighted by molar-refractivity contribution is 7.80. The first kappa shape index (κ1) is 21.9. The maximum Gasteiger partial charge on any atom is 0.281 e. The third-order valence-electron chi connectivity index (χ3n) is 4.53. The largest absolute Gasteiger partial charge is 0.492 e. The van der Waals surface area contributed by atoms with Crippen LogP contribution < -0.4 is 19.7 Å². The first-order chi connectivity index (χ1) is 15.5. The molecule has 6 nitrogen and oxygen atoms in total. The van der Waals surface area contributed by atoms with Gasteiger partial charge in [0, 0.05) is 12.1 Å². The molecule has 0 unspecified atom stereocenters. The minimum atomic E-state index is -0.518. The lowest BCUT2D eigenvalue weighted by Gasteiger charge is -2.17. The van der Waals surface area contributed by atoms with Crippen molar-refractivity contribution in [3.8, 4) is 11.5 Å². The van der Waals surface area contributed by atoms with E-state index in [1.165, 1.54) is 23.1 Å². The molecular formula is C23H18ClFN2O4S. The van der Waals surface area contributed by atoms with Crippen molar-refractivity contribution in [2.45, 2.75) is 13.5 Å². The van der Waals surface area contributed by atoms with Crippen molar-refractivity contribution in [1.82, 2.24) is 5.32 Å². The van der Waals surface area contributed by atoms with E-state index in [4.69, 9.17) is 37.7 Å². The monoisotopic (exact) mass is 472 g/mol. The molecule has 0 saturated carbocycles. The molecule has 9 heteroatoms. The molecule has 0 atom stereocenters. The molecule has 1 aliphatic heterocycles. The smallest absolute Gasteiger partial charge is 0.281 e. The molecule has 1 aliphatic rings. The standard InChI is InChI=1S/C23H18ClFN2O4S/c1-2-29-21-6-4-3-5-20(21)27-22(28)19(26-23(27)32)12-15-7-8-16(31-15)13-30-14-9-10-18(25)17(24)11-14/h3-12H,2,13H2,1H3,(H,26,32)/b19-12+. The van der Waals surface area contributed by atoms with E-state index < -0.39 is 5.82 Å². The van der Waals surface area contributed by atoms with Crippen LogP contribution in [0.3, 0.4) is 0 Å². The van der Waals surface area contributed by atoms with Crippen LogP contribution in [0.1, 0.15) is 18.4 Å². The van der Waals surface area contributed by atoms with Crippen LogP contribution in [-0.4, -0.2) is 17.6 Å². The number of ether oxygens (including phenoxy) is 2. The number of hydrogen-bond acceptors (Lipinski definition) is 5. The number of halogens is 2. The van der Waals surface area contributed by atoms with Crippen molar-refractivity contribution < 1.29 is 23.1 Å². The van der Waals surface area contributed by atoms with Gasteiger partial charge in [0.15, 0.2) is 5.11 Å². The summed E-state index contributed by atoms with van der Waals surface area (Å²) in [7, 11) is 0. The van der Waals surface area contributed by atoms with Crippen LogP contribution in [0, 0.1) is 5.82 Å². The molecule has 1 aromatic heterocycles. The van der Waals surface area contributed by atoms with E-state index in [1.54, 1.807) is 30.3 Å². The molecule has 2 heterocycles. The summed E-state index contributed by atoms with van der Waals surface area (Å²) < 4.78 is 30.2. The van der Waals surface area contributed by atoms with Crippen molar-refractivity contribution in [3.05, 3.63) is 82.7 Å². The summed E-state index contributed by atoms with van der Waals surface area (Å²) in [5.74, 6) is 1.09. The van der Waals surface area contributed by atoms with Crippen LogP contribution in [0.15, 0.2) is 64.7 Å². The SMILES string of the molecule is CCOc1ccccc1N1C(=O)/C(=C\c2ccc(COc3ccc(F)c(Cl)c3)o2)NC1=S. The van der Waals surface area contributed by atoms with Crippen molar-refractivity contribution in [2.75, 3.05) is 11.5 Å². The summed E-state index contributed by atoms with van der Waals surface area (Å²) in [6.07, 6.45) is 1.57. The van der Waals surface area contributed by atoms with E-state index in [0.29, 0.717) is 35.3 Å². The first-order valence-electron chi connectivity index (χ1n) is 9.71. The van der Waals surface area contributed by atoms with Gasteiger partial charge >= 0.3 is 0 Å². The molecule has 0 spiro atoms. The summed E-state index contributed by atoms with van der Waals surface area (Å²) in [6, 6.07) is 14.7. The Labute approximate surface area is 194 Å². The fourth-order valence-corrected chi connectivity index (χ4v) is 3.55. The Morgan fingerprint density at radius 2 is 2.00 bits per heavy atom. The highest BCUT2D eigenvalue weighted by atomic mass is 35.5. The van der Waals surface area contributed by atoms with Crippen LogP contribution in [-0.2, 0) is 11.4 Å². The quantitative estimate of drug-likeness (QED) is 0.371. The third kappa shape index (κ3) is 4.61. The predicted octanol–water partition coefficient (Wildman–Crippen LogP) is 5.31. The molecule has 1 amide bonds. The topological polar surface area (TPSA) is 63.9 Å². The van der Waals surface area contributed by atoms with Gasteiger partial charge in [0.05, 0.1) is 17.3 Å². The fourth-order valence-electron chi connectivity index (χ4n) is 3.09. The maximum atomic E-state index is 13.2. The zero-order chi connectivity index (χ0) is 22.7. The minimum absolute atomic E-state index is 0.0235. The van der Waals surface area contributed by atoms with Crippen molar-refractivity contribution >= 4 is 46.6 Å². The van der Waals surface area contributed by atoms with Crippen LogP contribution >= 0.6 is 23.8 Å². The zero-order valence-corrected chi connectivity index (χ0v) is 18.5. The van der Waals surface area contributed by atoms with Gasteiger partial charge in [-0.25, -0.2) is 9.29 Å². The van der Waals surface area contributed by atoms with E-state index in [-0.39, 0.29) is 28.3 Å². The molecule has 164 valence electrons. The van der Waals surface area contributed by atoms with Crippen LogP contribution in [0.4, 0.5) is 10.1 Å². The van der Waals surface area contributed by atoms with E-state index in [2.05, 4.69) is 5.32 Å². The lowest BCUT2D eigenvalue weighted by Crippen LogP contribution is -2.30. The molecule has 1 saturated heterocycles. The Hall–Kier alpha value is -3.36. The third-order valence-corrected chi connectivity index (χ3v) is 5.10. The Kier molecular flexibility index (Phi) is 6.43. The second kappa shape index (κ2) is 9.42. The minimum Gasteiger partial charge on any atom is -0.492 e.